The molecule has 0 unspecified atom stereocenters. The van der Waals surface area contributed by atoms with Gasteiger partial charge in [0.1, 0.15) is 71.7 Å². The maximum absolute atomic E-state index is 12.8. The minimum atomic E-state index is -3.45. The largest absolute Gasteiger partial charge is 0.495 e. The van der Waals surface area contributed by atoms with Gasteiger partial charge in [-0.15, -0.1) is 0 Å². The molecule has 5 aliphatic heterocycles. The summed E-state index contributed by atoms with van der Waals surface area (Å²) in [6.45, 7) is 32.6. The van der Waals surface area contributed by atoms with Gasteiger partial charge in [0, 0.05) is 172 Å². The second kappa shape index (κ2) is 49.8. The standard InChI is InChI=1S/C30H41ClN7O2P.C28H37ClN7O2P.C25H32ClN6O2P.C20H22ClN4O4PS/c1-5-36-16-18-38(19-17-36)22-12-14-37(15-13-22)23-10-11-25(27(20-23)40-2)34-30-32-21-24(31)29(35-30)33-26-8-6-7-9-28(26)41(3,4)39;1-38-25-18-21(35-14-10-20(11-15-35)36-16-12-30-13-17-36)8-9-23(25)33-28-31-19-22(29)27(34-28)32-24-6-4-5-7-26(24)39(2,3)37;1-31(2)18-12-13-32(16-18)17-10-11-20(22(14-17)34-3)29-25-27-15-19(26)24(30-25)28-21-8-6-7-9-23(21)35(4,5)33;1-29-17-11-13(30(2,3)26)9-10-15(17)24-20-22-12-14(21)19(25-20)23-16-7-5-6-8-18(16)31(4,27)28/h6-11,20-22H,5,12-19H2,1-4H3,(H2,32,33,34,35);4-9,18-20,30H,10-17H2,1-3H3,(H2,31,32,33,34);6-11,14-15,18H,12-13,16H2,1-5H3,(H2,27,28,29,30);5-12H,1-4H3,(H2,22,23,24,25)/t;;18-;/m..1./s1. The fourth-order valence-electron chi connectivity index (χ4n) is 18.0. The molecule has 5 aliphatic rings. The number of nitrogens with zero attached hydrogens (tertiary/aromatic N) is 15. The Balaban J connectivity index is 0.000000155. The molecular formula is C103H132Cl4N24O10P4S. The number of methoxy groups -OCH3 is 4. The van der Waals surface area contributed by atoms with Gasteiger partial charge in [-0.3, -0.25) is 9.80 Å². The Morgan fingerprint density at radius 2 is 0.692 bits per heavy atom. The molecule has 1 atom stereocenters. The molecule has 0 saturated carbocycles. The van der Waals surface area contributed by atoms with E-state index in [1.54, 1.807) is 123 Å². The van der Waals surface area contributed by atoms with Crippen molar-refractivity contribution < 1.29 is 45.6 Å². The average Bonchev–Trinajstić information content (AvgIpc) is 1.35. The highest BCUT2D eigenvalue weighted by molar-refractivity contribution is 7.90. The van der Waals surface area contributed by atoms with Crippen LogP contribution in [0.15, 0.2) is 200 Å². The zero-order valence-electron chi connectivity index (χ0n) is 85.3. The van der Waals surface area contributed by atoms with Crippen LogP contribution in [0.5, 0.6) is 23.0 Å². The highest BCUT2D eigenvalue weighted by atomic mass is 35.5. The van der Waals surface area contributed by atoms with Crippen LogP contribution in [-0.2, 0) is 28.1 Å². The Morgan fingerprint density at radius 3 is 1.02 bits per heavy atom. The van der Waals surface area contributed by atoms with Crippen LogP contribution in [0.3, 0.4) is 0 Å². The predicted octanol–water partition coefficient (Wildman–Crippen LogP) is 19.5. The second-order valence-electron chi connectivity index (χ2n) is 37.9. The van der Waals surface area contributed by atoms with Crippen LogP contribution in [0, 0.1) is 0 Å². The number of hydrogen-bond donors (Lipinski definition) is 9. The van der Waals surface area contributed by atoms with Crippen molar-refractivity contribution in [1.82, 2.24) is 64.8 Å². The Hall–Kier alpha value is -11.1. The summed E-state index contributed by atoms with van der Waals surface area (Å²) in [5.74, 6) is 5.46. The van der Waals surface area contributed by atoms with Gasteiger partial charge < -0.3 is 110 Å². The average molecular weight is 2160 g/mol. The molecule has 0 spiro atoms. The molecule has 12 aromatic rings. The molecule has 0 radical (unpaired) electrons. The Kier molecular flexibility index (Phi) is 37.7. The van der Waals surface area contributed by atoms with Crippen LogP contribution in [0.4, 0.5) is 110 Å². The van der Waals surface area contributed by atoms with Gasteiger partial charge in [-0.1, -0.05) is 102 Å². The molecule has 9 N–H and O–H groups in total. The molecule has 34 nitrogen and oxygen atoms in total. The van der Waals surface area contributed by atoms with Crippen molar-refractivity contribution >= 4 is 216 Å². The highest BCUT2D eigenvalue weighted by Crippen LogP contribution is 2.46. The molecule has 9 heterocycles. The van der Waals surface area contributed by atoms with Gasteiger partial charge in [-0.05, 0) is 209 Å². The van der Waals surface area contributed by atoms with Crippen molar-refractivity contribution in [1.29, 1.82) is 0 Å². The van der Waals surface area contributed by atoms with E-state index in [9.17, 15) is 26.7 Å². The monoisotopic (exact) mass is 2160 g/mol. The van der Waals surface area contributed by atoms with Crippen molar-refractivity contribution in [3.8, 4) is 23.0 Å². The molecule has 43 heteroatoms. The van der Waals surface area contributed by atoms with E-state index in [1.165, 1.54) is 77.4 Å². The van der Waals surface area contributed by atoms with E-state index in [0.717, 1.165) is 140 Å². The molecule has 5 saturated heterocycles. The first kappa shape index (κ1) is 111. The van der Waals surface area contributed by atoms with E-state index in [1.807, 2.05) is 97.1 Å². The van der Waals surface area contributed by atoms with Gasteiger partial charge in [0.2, 0.25) is 23.8 Å². The van der Waals surface area contributed by atoms with Gasteiger partial charge in [0.15, 0.2) is 33.1 Å². The summed E-state index contributed by atoms with van der Waals surface area (Å²) in [4.78, 5) is 52.9. The zero-order valence-corrected chi connectivity index (χ0v) is 92.8. The lowest BCUT2D eigenvalue weighted by Crippen LogP contribution is -2.53. The molecule has 17 rings (SSSR count). The zero-order chi connectivity index (χ0) is 104. The van der Waals surface area contributed by atoms with Crippen LogP contribution in [0.25, 0.3) is 0 Å². The number of anilines is 19. The number of piperidine rings is 2. The fraction of sp³-hybridized carbons (Fsp3) is 0.379. The number of benzene rings is 8. The summed E-state index contributed by atoms with van der Waals surface area (Å²) in [5.41, 5.74) is 8.74. The summed E-state index contributed by atoms with van der Waals surface area (Å²) in [5, 5.41) is 33.2. The molecule has 146 heavy (non-hydrogen) atoms. The lowest BCUT2D eigenvalue weighted by atomic mass is 10.0. The third kappa shape index (κ3) is 29.5. The summed E-state index contributed by atoms with van der Waals surface area (Å²) < 4.78 is 97.3. The maximum Gasteiger partial charge on any atom is 0.229 e. The van der Waals surface area contributed by atoms with E-state index in [0.29, 0.717) is 119 Å². The molecule has 0 bridgehead atoms. The Morgan fingerprint density at radius 1 is 0.377 bits per heavy atom. The van der Waals surface area contributed by atoms with E-state index in [4.69, 9.17) is 65.4 Å². The van der Waals surface area contributed by atoms with Crippen LogP contribution in [0.2, 0.25) is 20.1 Å². The SMILES string of the molecule is CCN1CCN(C2CCN(c3ccc(Nc4ncc(Cl)c(Nc5ccccc5P(C)(C)=O)n4)c(OC)c3)CC2)CC1.COc1cc(N2CCC(N3CCNCC3)CC2)ccc1Nc1ncc(Cl)c(Nc2ccccc2P(C)(C)=O)n1.COc1cc(N2CC[C@@H](N(C)C)C2)ccc1Nc1ncc(Cl)c(Nc2ccccc2P(C)(C)=O)n1.COc1cc(P(C)(C)=O)ccc1Nc1ncc(Cl)c(Nc2ccccc2S(C)(=O)=O)n1. The van der Waals surface area contributed by atoms with Crippen molar-refractivity contribution in [2.24, 2.45) is 0 Å². The number of nitrogens with one attached hydrogen (secondary N) is 9. The molecule has 8 aromatic carbocycles. The predicted molar refractivity (Wildman–Crippen MR) is 605 cm³/mol. The van der Waals surface area contributed by atoms with Crippen LogP contribution in [-0.4, -0.2) is 286 Å². The van der Waals surface area contributed by atoms with Gasteiger partial charge in [0.05, 0.1) is 104 Å². The van der Waals surface area contributed by atoms with E-state index >= 15 is 0 Å². The molecule has 5 fully saturated rings. The van der Waals surface area contributed by atoms with Crippen molar-refractivity contribution in [3.63, 3.8) is 0 Å². The summed E-state index contributed by atoms with van der Waals surface area (Å²) in [6, 6.07) is 54.5. The number of ether oxygens (including phenoxy) is 4. The quantitative estimate of drug-likeness (QED) is 0.0177. The van der Waals surface area contributed by atoms with Gasteiger partial charge in [-0.25, -0.2) is 28.4 Å². The van der Waals surface area contributed by atoms with Gasteiger partial charge in [-0.2, -0.15) is 19.9 Å². The van der Waals surface area contributed by atoms with Gasteiger partial charge in [0.25, 0.3) is 0 Å². The maximum atomic E-state index is 12.8. The number of hydrogen-bond acceptors (Lipinski definition) is 34. The topological polar surface area (TPSA) is 373 Å². The van der Waals surface area contributed by atoms with Crippen molar-refractivity contribution in [3.05, 3.63) is 215 Å². The Labute approximate surface area is 877 Å². The Bertz CT molecular complexity index is 6860. The molecule has 0 aliphatic carbocycles. The lowest BCUT2D eigenvalue weighted by Gasteiger charge is -2.43. The lowest BCUT2D eigenvalue weighted by molar-refractivity contribution is 0.0878. The van der Waals surface area contributed by atoms with E-state index in [2.05, 4.69) is 173 Å². The minimum Gasteiger partial charge on any atom is -0.495 e. The number of piperazine rings is 2. The molecule has 778 valence electrons. The third-order valence-corrected chi connectivity index (χ3v) is 34.5. The molecule has 4 aromatic heterocycles. The number of para-hydroxylation sites is 4. The minimum absolute atomic E-state index is 0.125. The second-order valence-corrected chi connectivity index (χ2v) is 54.2. The van der Waals surface area contributed by atoms with Crippen LogP contribution >= 0.6 is 75.0 Å². The summed E-state index contributed by atoms with van der Waals surface area (Å²) >= 11 is 25.5. The first-order valence-electron chi connectivity index (χ1n) is 48.3. The number of likely N-dealkylation sites (N-methyl/N-ethyl adjacent to an activating group) is 2. The van der Waals surface area contributed by atoms with E-state index in [-0.39, 0.29) is 21.7 Å². The van der Waals surface area contributed by atoms with Crippen molar-refractivity contribution in [2.75, 3.05) is 258 Å². The highest BCUT2D eigenvalue weighted by Gasteiger charge is 2.33. The van der Waals surface area contributed by atoms with E-state index < -0.39 is 38.4 Å². The summed E-state index contributed by atoms with van der Waals surface area (Å²) in [7, 11) is -2.66. The smallest absolute Gasteiger partial charge is 0.229 e. The fourth-order valence-corrected chi connectivity index (χ4v) is 23.7. The summed E-state index contributed by atoms with van der Waals surface area (Å²) in [6.07, 6.45) is 13.0. The molecular weight excluding hydrogens is 2030 g/mol. The normalized spacial score (nSPS) is 15.8. The third-order valence-electron chi connectivity index (χ3n) is 26.0. The first-order valence-corrected chi connectivity index (χ1v) is 62.1. The number of aromatic nitrogens is 8. The van der Waals surface area contributed by atoms with Gasteiger partial charge >= 0.3 is 0 Å². The first-order chi connectivity index (χ1) is 69.7. The number of rotatable bonds is 32. The number of halogens is 4. The molecule has 0 amide bonds. The van der Waals surface area contributed by atoms with Crippen LogP contribution < -0.4 is 103 Å². The van der Waals surface area contributed by atoms with Crippen LogP contribution in [0.1, 0.15) is 39.0 Å². The van der Waals surface area contributed by atoms with Crippen molar-refractivity contribution in [2.45, 2.75) is 62.0 Å². The number of sulfone groups is 1.